The molecule has 106 valence electrons. The lowest BCUT2D eigenvalue weighted by molar-refractivity contribution is 0.367. The smallest absolute Gasteiger partial charge is 0.258 e. The highest BCUT2D eigenvalue weighted by Gasteiger charge is 2.20. The summed E-state index contributed by atoms with van der Waals surface area (Å²) in [6.07, 6.45) is 6.83. The highest BCUT2D eigenvalue weighted by atomic mass is 16.5. The van der Waals surface area contributed by atoms with E-state index in [0.717, 1.165) is 35.4 Å². The molecule has 1 saturated heterocycles. The predicted octanol–water partition coefficient (Wildman–Crippen LogP) is 2.49. The molecule has 3 heterocycles. The van der Waals surface area contributed by atoms with Gasteiger partial charge in [0.25, 0.3) is 5.89 Å². The van der Waals surface area contributed by atoms with Crippen LogP contribution in [0.15, 0.2) is 35.1 Å². The molecular formula is C15H15N5O. The SMILES string of the molecule is c1cnc2cc(-c3nc(C4CCCCN4)no3)ccc2n1. The van der Waals surface area contributed by atoms with Crippen LogP contribution >= 0.6 is 0 Å². The van der Waals surface area contributed by atoms with Crippen LogP contribution < -0.4 is 5.32 Å². The van der Waals surface area contributed by atoms with Crippen molar-refractivity contribution in [2.45, 2.75) is 25.3 Å². The van der Waals surface area contributed by atoms with E-state index in [9.17, 15) is 0 Å². The quantitative estimate of drug-likeness (QED) is 0.777. The van der Waals surface area contributed by atoms with E-state index in [1.165, 1.54) is 12.8 Å². The Morgan fingerprint density at radius 3 is 2.86 bits per heavy atom. The van der Waals surface area contributed by atoms with E-state index in [4.69, 9.17) is 4.52 Å². The summed E-state index contributed by atoms with van der Waals surface area (Å²) >= 11 is 0. The van der Waals surface area contributed by atoms with Crippen LogP contribution in [0.2, 0.25) is 0 Å². The summed E-state index contributed by atoms with van der Waals surface area (Å²) in [5, 5.41) is 7.53. The number of hydrogen-bond donors (Lipinski definition) is 1. The first-order valence-electron chi connectivity index (χ1n) is 7.18. The largest absolute Gasteiger partial charge is 0.334 e. The molecule has 1 aromatic carbocycles. The Kier molecular flexibility index (Phi) is 3.08. The fraction of sp³-hybridized carbons (Fsp3) is 0.333. The van der Waals surface area contributed by atoms with Crippen LogP contribution in [0.1, 0.15) is 31.1 Å². The molecule has 0 saturated carbocycles. The Morgan fingerprint density at radius 1 is 1.10 bits per heavy atom. The minimum Gasteiger partial charge on any atom is -0.334 e. The number of aromatic nitrogens is 4. The number of rotatable bonds is 2. The molecule has 0 aliphatic carbocycles. The highest BCUT2D eigenvalue weighted by Crippen LogP contribution is 2.25. The third-order valence-electron chi connectivity index (χ3n) is 3.78. The van der Waals surface area contributed by atoms with Crippen LogP contribution in [0.25, 0.3) is 22.5 Å². The van der Waals surface area contributed by atoms with Gasteiger partial charge < -0.3 is 9.84 Å². The molecular weight excluding hydrogens is 266 g/mol. The van der Waals surface area contributed by atoms with Gasteiger partial charge in [0.2, 0.25) is 0 Å². The molecule has 1 aliphatic heterocycles. The first-order chi connectivity index (χ1) is 10.4. The molecule has 1 atom stereocenters. The standard InChI is InChI=1S/C15H15N5O/c1-2-6-16-12(3-1)14-19-15(21-20-14)10-4-5-11-13(9-10)18-8-7-17-11/h4-5,7-9,12,16H,1-3,6H2. The number of nitrogens with zero attached hydrogens (tertiary/aromatic N) is 4. The second kappa shape index (κ2) is 5.21. The van der Waals surface area contributed by atoms with Crippen molar-refractivity contribution in [3.05, 3.63) is 36.4 Å². The minimum absolute atomic E-state index is 0.205. The second-order valence-corrected chi connectivity index (χ2v) is 5.22. The normalized spacial score (nSPS) is 19.0. The molecule has 0 bridgehead atoms. The van der Waals surface area contributed by atoms with Gasteiger partial charge in [0, 0.05) is 18.0 Å². The van der Waals surface area contributed by atoms with Crippen LogP contribution in [-0.2, 0) is 0 Å². The van der Waals surface area contributed by atoms with E-state index in [0.29, 0.717) is 5.89 Å². The van der Waals surface area contributed by atoms with E-state index in [2.05, 4.69) is 25.4 Å². The summed E-state index contributed by atoms with van der Waals surface area (Å²) in [5.74, 6) is 1.27. The summed E-state index contributed by atoms with van der Waals surface area (Å²) in [4.78, 5) is 13.1. The van der Waals surface area contributed by atoms with Crippen molar-refractivity contribution in [2.24, 2.45) is 0 Å². The van der Waals surface area contributed by atoms with Gasteiger partial charge in [0.1, 0.15) is 0 Å². The Balaban J connectivity index is 1.67. The van der Waals surface area contributed by atoms with Gasteiger partial charge in [-0.15, -0.1) is 0 Å². The van der Waals surface area contributed by atoms with Gasteiger partial charge in [-0.25, -0.2) is 0 Å². The molecule has 1 fully saturated rings. The first-order valence-corrected chi connectivity index (χ1v) is 7.18. The van der Waals surface area contributed by atoms with Crippen LogP contribution in [0.3, 0.4) is 0 Å². The van der Waals surface area contributed by atoms with E-state index in [1.807, 2.05) is 18.2 Å². The van der Waals surface area contributed by atoms with Gasteiger partial charge in [-0.2, -0.15) is 4.98 Å². The lowest BCUT2D eigenvalue weighted by Crippen LogP contribution is -2.27. The molecule has 3 aromatic rings. The van der Waals surface area contributed by atoms with Crippen LogP contribution in [0.4, 0.5) is 0 Å². The monoisotopic (exact) mass is 281 g/mol. The third-order valence-corrected chi connectivity index (χ3v) is 3.78. The lowest BCUT2D eigenvalue weighted by Gasteiger charge is -2.19. The van der Waals surface area contributed by atoms with Crippen molar-refractivity contribution in [2.75, 3.05) is 6.54 Å². The van der Waals surface area contributed by atoms with Crippen LogP contribution in [-0.4, -0.2) is 26.7 Å². The summed E-state index contributed by atoms with van der Waals surface area (Å²) in [5.41, 5.74) is 2.55. The molecule has 6 heteroatoms. The number of benzene rings is 1. The third kappa shape index (κ3) is 2.38. The van der Waals surface area contributed by atoms with Crippen molar-refractivity contribution < 1.29 is 4.52 Å². The molecule has 1 N–H and O–H groups in total. The fourth-order valence-electron chi connectivity index (χ4n) is 2.66. The maximum absolute atomic E-state index is 5.40. The topological polar surface area (TPSA) is 76.7 Å². The van der Waals surface area contributed by atoms with Gasteiger partial charge >= 0.3 is 0 Å². The molecule has 0 radical (unpaired) electrons. The number of hydrogen-bond acceptors (Lipinski definition) is 6. The maximum Gasteiger partial charge on any atom is 0.258 e. The van der Waals surface area contributed by atoms with Crippen molar-refractivity contribution in [1.82, 2.24) is 25.4 Å². The number of fused-ring (bicyclic) bond motifs is 1. The van der Waals surface area contributed by atoms with E-state index in [1.54, 1.807) is 12.4 Å². The first kappa shape index (κ1) is 12.4. The molecule has 4 rings (SSSR count). The van der Waals surface area contributed by atoms with E-state index >= 15 is 0 Å². The summed E-state index contributed by atoms with van der Waals surface area (Å²) in [6, 6.07) is 5.98. The summed E-state index contributed by atoms with van der Waals surface area (Å²) in [7, 11) is 0. The van der Waals surface area contributed by atoms with Crippen LogP contribution in [0, 0.1) is 0 Å². The molecule has 0 amide bonds. The van der Waals surface area contributed by atoms with Gasteiger partial charge in [-0.1, -0.05) is 11.6 Å². The van der Waals surface area contributed by atoms with Crippen molar-refractivity contribution in [3.63, 3.8) is 0 Å². The molecule has 6 nitrogen and oxygen atoms in total. The van der Waals surface area contributed by atoms with E-state index in [-0.39, 0.29) is 6.04 Å². The average Bonchev–Trinajstić information content (AvgIpc) is 3.05. The van der Waals surface area contributed by atoms with Crippen molar-refractivity contribution in [3.8, 4) is 11.5 Å². The van der Waals surface area contributed by atoms with Gasteiger partial charge in [-0.05, 0) is 37.6 Å². The molecule has 1 aliphatic rings. The Labute approximate surface area is 121 Å². The average molecular weight is 281 g/mol. The Morgan fingerprint density at radius 2 is 2.00 bits per heavy atom. The van der Waals surface area contributed by atoms with Crippen molar-refractivity contribution >= 4 is 11.0 Å². The Bertz CT molecular complexity index is 763. The zero-order chi connectivity index (χ0) is 14.1. The van der Waals surface area contributed by atoms with Gasteiger partial charge in [-0.3, -0.25) is 9.97 Å². The highest BCUT2D eigenvalue weighted by molar-refractivity contribution is 5.79. The number of nitrogens with one attached hydrogen (secondary N) is 1. The molecule has 1 unspecified atom stereocenters. The maximum atomic E-state index is 5.40. The molecule has 2 aromatic heterocycles. The Hall–Kier alpha value is -2.34. The second-order valence-electron chi connectivity index (χ2n) is 5.22. The lowest BCUT2D eigenvalue weighted by atomic mass is 10.0. The van der Waals surface area contributed by atoms with Crippen LogP contribution in [0.5, 0.6) is 0 Å². The summed E-state index contributed by atoms with van der Waals surface area (Å²) in [6.45, 7) is 1.01. The molecule has 0 spiro atoms. The predicted molar refractivity (Wildman–Crippen MR) is 77.4 cm³/mol. The van der Waals surface area contributed by atoms with Gasteiger partial charge in [0.05, 0.1) is 17.1 Å². The zero-order valence-electron chi connectivity index (χ0n) is 11.5. The summed E-state index contributed by atoms with van der Waals surface area (Å²) < 4.78 is 5.40. The zero-order valence-corrected chi connectivity index (χ0v) is 11.5. The fourth-order valence-corrected chi connectivity index (χ4v) is 2.66. The number of piperidine rings is 1. The van der Waals surface area contributed by atoms with Crippen molar-refractivity contribution in [1.29, 1.82) is 0 Å². The van der Waals surface area contributed by atoms with Gasteiger partial charge in [0.15, 0.2) is 5.82 Å². The minimum atomic E-state index is 0.205. The molecule has 21 heavy (non-hydrogen) atoms. The van der Waals surface area contributed by atoms with E-state index < -0.39 is 0 Å².